The summed E-state index contributed by atoms with van der Waals surface area (Å²) in [5, 5.41) is 9.24. The number of hydrogen-bond donors (Lipinski definition) is 1. The van der Waals surface area contributed by atoms with Crippen molar-refractivity contribution in [3.63, 3.8) is 0 Å². The third-order valence-electron chi connectivity index (χ3n) is 3.07. The maximum atomic E-state index is 11.2. The molecule has 1 fully saturated rings. The molecule has 98 valence electrons. The normalized spacial score (nSPS) is 19.7. The zero-order chi connectivity index (χ0) is 13.1. The maximum Gasteiger partial charge on any atom is 0.326 e. The molecule has 1 N–H and O–H groups in total. The molecule has 1 saturated heterocycles. The molecule has 6 nitrogen and oxygen atoms in total. The zero-order valence-electron chi connectivity index (χ0n) is 10.6. The van der Waals surface area contributed by atoms with Crippen LogP contribution in [-0.4, -0.2) is 40.7 Å². The quantitative estimate of drug-likeness (QED) is 0.871. The number of carboxylic acid groups (broad SMARTS) is 1. The Hall–Kier alpha value is -1.85. The van der Waals surface area contributed by atoms with Crippen LogP contribution in [0.3, 0.4) is 0 Å². The van der Waals surface area contributed by atoms with E-state index in [9.17, 15) is 9.90 Å². The second kappa shape index (κ2) is 5.20. The van der Waals surface area contributed by atoms with Gasteiger partial charge in [-0.15, -0.1) is 0 Å². The van der Waals surface area contributed by atoms with Crippen molar-refractivity contribution < 1.29 is 14.6 Å². The summed E-state index contributed by atoms with van der Waals surface area (Å²) in [4.78, 5) is 21.5. The van der Waals surface area contributed by atoms with E-state index < -0.39 is 12.0 Å². The summed E-state index contributed by atoms with van der Waals surface area (Å²) in [6.07, 6.45) is 2.52. The Morgan fingerprint density at radius 1 is 1.50 bits per heavy atom. The minimum atomic E-state index is -0.821. The van der Waals surface area contributed by atoms with Crippen LogP contribution in [0.4, 0.5) is 5.95 Å². The van der Waals surface area contributed by atoms with Crippen LogP contribution in [0.1, 0.15) is 25.0 Å². The van der Waals surface area contributed by atoms with Gasteiger partial charge in [0, 0.05) is 18.3 Å². The summed E-state index contributed by atoms with van der Waals surface area (Å²) < 4.78 is 5.10. The second-order valence-corrected chi connectivity index (χ2v) is 4.39. The number of aryl methyl sites for hydroxylation is 1. The molecule has 2 heterocycles. The molecule has 18 heavy (non-hydrogen) atoms. The smallest absolute Gasteiger partial charge is 0.326 e. The van der Waals surface area contributed by atoms with E-state index in [1.165, 1.54) is 7.11 Å². The van der Waals surface area contributed by atoms with Crippen molar-refractivity contribution in [2.45, 2.75) is 32.2 Å². The number of nitrogens with zero attached hydrogens (tertiary/aromatic N) is 3. The molecule has 1 aliphatic heterocycles. The highest BCUT2D eigenvalue weighted by Gasteiger charge is 2.30. The first kappa shape index (κ1) is 12.6. The number of carboxylic acids is 1. The average Bonchev–Trinajstić information content (AvgIpc) is 2.38. The van der Waals surface area contributed by atoms with Gasteiger partial charge in [-0.25, -0.2) is 9.78 Å². The highest BCUT2D eigenvalue weighted by Crippen LogP contribution is 2.24. The molecular weight excluding hydrogens is 234 g/mol. The molecule has 2 rings (SSSR count). The first-order valence-electron chi connectivity index (χ1n) is 6.01. The van der Waals surface area contributed by atoms with Crippen molar-refractivity contribution in [1.29, 1.82) is 0 Å². The lowest BCUT2D eigenvalue weighted by atomic mass is 10.0. The van der Waals surface area contributed by atoms with Crippen LogP contribution in [-0.2, 0) is 4.79 Å². The van der Waals surface area contributed by atoms with Crippen LogP contribution in [0.2, 0.25) is 0 Å². The van der Waals surface area contributed by atoms with Gasteiger partial charge in [0.1, 0.15) is 6.04 Å². The van der Waals surface area contributed by atoms with Crippen molar-refractivity contribution in [2.75, 3.05) is 18.6 Å². The third-order valence-corrected chi connectivity index (χ3v) is 3.07. The lowest BCUT2D eigenvalue weighted by Crippen LogP contribution is -2.45. The van der Waals surface area contributed by atoms with E-state index in [1.54, 1.807) is 11.0 Å². The lowest BCUT2D eigenvalue weighted by molar-refractivity contribution is -0.139. The van der Waals surface area contributed by atoms with Gasteiger partial charge in [0.05, 0.1) is 7.11 Å². The number of carbonyl (C=O) groups is 1. The van der Waals surface area contributed by atoms with Crippen LogP contribution in [0, 0.1) is 6.92 Å². The summed E-state index contributed by atoms with van der Waals surface area (Å²) in [7, 11) is 1.54. The minimum absolute atomic E-state index is 0.443. The van der Waals surface area contributed by atoms with Gasteiger partial charge in [-0.3, -0.25) is 0 Å². The fourth-order valence-corrected chi connectivity index (χ4v) is 2.19. The zero-order valence-corrected chi connectivity index (χ0v) is 10.6. The molecule has 0 radical (unpaired) electrons. The summed E-state index contributed by atoms with van der Waals surface area (Å²) in [6, 6.07) is 1.19. The number of anilines is 1. The first-order valence-corrected chi connectivity index (χ1v) is 6.01. The maximum absolute atomic E-state index is 11.2. The first-order chi connectivity index (χ1) is 8.61. The second-order valence-electron chi connectivity index (χ2n) is 4.39. The molecular formula is C12H17N3O3. The van der Waals surface area contributed by atoms with Crippen molar-refractivity contribution in [3.8, 4) is 5.88 Å². The molecule has 1 aromatic heterocycles. The van der Waals surface area contributed by atoms with E-state index in [-0.39, 0.29) is 0 Å². The summed E-state index contributed by atoms with van der Waals surface area (Å²) in [5.74, 6) is 0.0879. The Labute approximate surface area is 106 Å². The molecule has 0 spiro atoms. The molecule has 6 heteroatoms. The Morgan fingerprint density at radius 3 is 2.94 bits per heavy atom. The molecule has 0 aliphatic carbocycles. The van der Waals surface area contributed by atoms with Crippen molar-refractivity contribution >= 4 is 11.9 Å². The predicted molar refractivity (Wildman–Crippen MR) is 65.9 cm³/mol. The molecule has 0 bridgehead atoms. The topological polar surface area (TPSA) is 75.5 Å². The Balaban J connectivity index is 2.33. The predicted octanol–water partition coefficient (Wildman–Crippen LogP) is 1.24. The summed E-state index contributed by atoms with van der Waals surface area (Å²) >= 11 is 0. The number of aliphatic carboxylic acids is 1. The summed E-state index contributed by atoms with van der Waals surface area (Å²) in [5.41, 5.74) is 0.770. The van der Waals surface area contributed by atoms with Gasteiger partial charge in [0.15, 0.2) is 0 Å². The number of ether oxygens (including phenoxy) is 1. The van der Waals surface area contributed by atoms with E-state index in [2.05, 4.69) is 9.97 Å². The number of methoxy groups -OCH3 is 1. The van der Waals surface area contributed by atoms with Crippen LogP contribution in [0.5, 0.6) is 5.88 Å². The van der Waals surface area contributed by atoms with Gasteiger partial charge in [0.2, 0.25) is 11.8 Å². The number of aromatic nitrogens is 2. The van der Waals surface area contributed by atoms with Crippen LogP contribution < -0.4 is 9.64 Å². The summed E-state index contributed by atoms with van der Waals surface area (Å²) in [6.45, 7) is 2.51. The van der Waals surface area contributed by atoms with Gasteiger partial charge in [0.25, 0.3) is 0 Å². The molecule has 0 saturated carbocycles. The van der Waals surface area contributed by atoms with Crippen LogP contribution in [0.25, 0.3) is 0 Å². The van der Waals surface area contributed by atoms with Crippen LogP contribution in [0.15, 0.2) is 6.07 Å². The molecule has 1 aliphatic rings. The number of hydrogen-bond acceptors (Lipinski definition) is 5. The fraction of sp³-hybridized carbons (Fsp3) is 0.583. The Morgan fingerprint density at radius 2 is 2.28 bits per heavy atom. The Bertz CT molecular complexity index is 450. The molecule has 1 unspecified atom stereocenters. The standard InChI is InChI=1S/C12H17N3O3/c1-8-7-10(18-2)14-12(13-8)15-6-4-3-5-9(15)11(16)17/h7,9H,3-6H2,1-2H3,(H,16,17). The van der Waals surface area contributed by atoms with Gasteiger partial charge in [-0.2, -0.15) is 4.98 Å². The van der Waals surface area contributed by atoms with E-state index in [0.29, 0.717) is 24.8 Å². The molecule has 1 atom stereocenters. The van der Waals surface area contributed by atoms with Crippen molar-refractivity contribution in [2.24, 2.45) is 0 Å². The van der Waals surface area contributed by atoms with Gasteiger partial charge in [-0.05, 0) is 26.2 Å². The molecule has 0 aromatic carbocycles. The average molecular weight is 251 g/mol. The van der Waals surface area contributed by atoms with Gasteiger partial charge < -0.3 is 14.7 Å². The van der Waals surface area contributed by atoms with Crippen LogP contribution >= 0.6 is 0 Å². The number of piperidine rings is 1. The van der Waals surface area contributed by atoms with E-state index >= 15 is 0 Å². The van der Waals surface area contributed by atoms with Crippen molar-refractivity contribution in [1.82, 2.24) is 9.97 Å². The monoisotopic (exact) mass is 251 g/mol. The minimum Gasteiger partial charge on any atom is -0.481 e. The third kappa shape index (κ3) is 2.52. The lowest BCUT2D eigenvalue weighted by Gasteiger charge is -2.33. The fourth-order valence-electron chi connectivity index (χ4n) is 2.19. The van der Waals surface area contributed by atoms with E-state index in [0.717, 1.165) is 18.5 Å². The van der Waals surface area contributed by atoms with Gasteiger partial charge >= 0.3 is 5.97 Å². The van der Waals surface area contributed by atoms with E-state index in [4.69, 9.17) is 4.74 Å². The van der Waals surface area contributed by atoms with Crippen molar-refractivity contribution in [3.05, 3.63) is 11.8 Å². The highest BCUT2D eigenvalue weighted by molar-refractivity contribution is 5.77. The molecule has 1 aromatic rings. The Kier molecular flexibility index (Phi) is 3.64. The SMILES string of the molecule is COc1cc(C)nc(N2CCCCC2C(=O)O)n1. The van der Waals surface area contributed by atoms with E-state index in [1.807, 2.05) is 6.92 Å². The number of rotatable bonds is 3. The largest absolute Gasteiger partial charge is 0.481 e. The molecule has 0 amide bonds. The van der Waals surface area contributed by atoms with Gasteiger partial charge in [-0.1, -0.05) is 0 Å². The highest BCUT2D eigenvalue weighted by atomic mass is 16.5.